The number of anilines is 2. The van der Waals surface area contributed by atoms with Crippen LogP contribution < -0.4 is 9.80 Å². The molecule has 2 amide bonds. The summed E-state index contributed by atoms with van der Waals surface area (Å²) in [4.78, 5) is 28.1. The first kappa shape index (κ1) is 18.4. The molecule has 0 spiro atoms. The van der Waals surface area contributed by atoms with E-state index in [0.717, 1.165) is 22.2 Å². The van der Waals surface area contributed by atoms with Gasteiger partial charge in [0.15, 0.2) is 0 Å². The predicted molar refractivity (Wildman–Crippen MR) is 101 cm³/mol. The van der Waals surface area contributed by atoms with Crippen LogP contribution in [0.1, 0.15) is 12.5 Å². The number of carbonyl (C=O) groups excluding carboxylic acids is 2. The molecule has 1 aliphatic heterocycles. The van der Waals surface area contributed by atoms with Gasteiger partial charge in [0, 0.05) is 12.2 Å². The molecule has 0 unspecified atom stereocenters. The Kier molecular flexibility index (Phi) is 5.03. The van der Waals surface area contributed by atoms with Gasteiger partial charge in [-0.3, -0.25) is 9.59 Å². The number of carbonyl (C=O) groups is 2. The van der Waals surface area contributed by atoms with Gasteiger partial charge in [0.05, 0.1) is 10.7 Å². The van der Waals surface area contributed by atoms with Gasteiger partial charge in [-0.2, -0.15) is 0 Å². The third-order valence-electron chi connectivity index (χ3n) is 4.07. The predicted octanol–water partition coefficient (Wildman–Crippen LogP) is 4.64. The van der Waals surface area contributed by atoms with Crippen molar-refractivity contribution < 1.29 is 14.0 Å². The fourth-order valence-electron chi connectivity index (χ4n) is 2.85. The zero-order valence-corrected chi connectivity index (χ0v) is 15.6. The summed E-state index contributed by atoms with van der Waals surface area (Å²) >= 11 is 12.0. The molecule has 0 atom stereocenters. The third kappa shape index (κ3) is 3.08. The van der Waals surface area contributed by atoms with Crippen molar-refractivity contribution in [3.05, 3.63) is 69.6 Å². The zero-order chi connectivity index (χ0) is 19.0. The minimum atomic E-state index is -0.666. The average molecular weight is 393 g/mol. The molecule has 1 aliphatic rings. The Morgan fingerprint density at radius 1 is 1.08 bits per heavy atom. The van der Waals surface area contributed by atoms with Crippen molar-refractivity contribution in [2.75, 3.05) is 16.3 Å². The van der Waals surface area contributed by atoms with Crippen LogP contribution in [0.15, 0.2) is 53.2 Å². The van der Waals surface area contributed by atoms with Crippen LogP contribution in [-0.4, -0.2) is 18.4 Å². The number of aryl methyl sites for hydroxylation is 1. The Balaban J connectivity index is 2.04. The van der Waals surface area contributed by atoms with Gasteiger partial charge in [-0.1, -0.05) is 35.3 Å². The van der Waals surface area contributed by atoms with E-state index >= 15 is 0 Å². The molecule has 3 rings (SSSR count). The normalized spacial score (nSPS) is 14.4. The molecule has 0 saturated heterocycles. The number of rotatable bonds is 4. The molecular weight excluding hydrogens is 378 g/mol. The molecule has 0 saturated carbocycles. The van der Waals surface area contributed by atoms with Gasteiger partial charge in [-0.05, 0) is 49.7 Å². The van der Waals surface area contributed by atoms with Crippen molar-refractivity contribution in [2.45, 2.75) is 13.8 Å². The summed E-state index contributed by atoms with van der Waals surface area (Å²) in [5.41, 5.74) is 2.02. The minimum absolute atomic E-state index is 0.0882. The molecular formula is C19H15Cl2FN2O2. The van der Waals surface area contributed by atoms with Crippen LogP contribution in [0.4, 0.5) is 15.8 Å². The maximum atomic E-state index is 13.4. The number of amides is 2. The van der Waals surface area contributed by atoms with Gasteiger partial charge in [0.1, 0.15) is 16.5 Å². The Morgan fingerprint density at radius 2 is 1.81 bits per heavy atom. The van der Waals surface area contributed by atoms with E-state index in [4.69, 9.17) is 23.2 Å². The molecule has 1 heterocycles. The first-order chi connectivity index (χ1) is 12.3. The van der Waals surface area contributed by atoms with E-state index in [1.165, 1.54) is 12.1 Å². The first-order valence-electron chi connectivity index (χ1n) is 7.93. The van der Waals surface area contributed by atoms with E-state index in [1.54, 1.807) is 4.90 Å². The van der Waals surface area contributed by atoms with Gasteiger partial charge < -0.3 is 4.90 Å². The topological polar surface area (TPSA) is 40.6 Å². The summed E-state index contributed by atoms with van der Waals surface area (Å²) in [6, 6.07) is 11.2. The number of imide groups is 1. The molecule has 0 bridgehead atoms. The fraction of sp³-hybridized carbons (Fsp3) is 0.158. The van der Waals surface area contributed by atoms with Crippen LogP contribution in [0.2, 0.25) is 5.02 Å². The maximum Gasteiger partial charge on any atom is 0.283 e. The number of hydrogen-bond donors (Lipinski definition) is 0. The number of hydrogen-bond acceptors (Lipinski definition) is 3. The van der Waals surface area contributed by atoms with Gasteiger partial charge in [-0.15, -0.1) is 0 Å². The summed E-state index contributed by atoms with van der Waals surface area (Å²) in [6.45, 7) is 4.22. The van der Waals surface area contributed by atoms with Crippen LogP contribution in [-0.2, 0) is 9.59 Å². The molecule has 2 aromatic rings. The second-order valence-corrected chi connectivity index (χ2v) is 6.58. The van der Waals surface area contributed by atoms with E-state index in [2.05, 4.69) is 0 Å². The fourth-order valence-corrected chi connectivity index (χ4v) is 3.29. The standard InChI is InChI=1S/C19H15Cl2FN2O2/c1-3-23(12-6-4-5-11(2)9-12)17-16(21)18(25)24(19(17)26)13-7-8-15(22)14(20)10-13/h4-10H,3H2,1-2H3. The van der Waals surface area contributed by atoms with Crippen LogP contribution in [0.25, 0.3) is 0 Å². The first-order valence-corrected chi connectivity index (χ1v) is 8.68. The summed E-state index contributed by atoms with van der Waals surface area (Å²) in [6.07, 6.45) is 0. The number of benzene rings is 2. The summed E-state index contributed by atoms with van der Waals surface area (Å²) < 4.78 is 13.4. The second-order valence-electron chi connectivity index (χ2n) is 5.79. The average Bonchev–Trinajstić information content (AvgIpc) is 2.82. The highest BCUT2D eigenvalue weighted by atomic mass is 35.5. The lowest BCUT2D eigenvalue weighted by Gasteiger charge is -2.24. The smallest absolute Gasteiger partial charge is 0.283 e. The quantitative estimate of drug-likeness (QED) is 0.711. The Hall–Kier alpha value is -2.37. The van der Waals surface area contributed by atoms with E-state index in [1.807, 2.05) is 38.1 Å². The van der Waals surface area contributed by atoms with Gasteiger partial charge >= 0.3 is 0 Å². The van der Waals surface area contributed by atoms with E-state index in [-0.39, 0.29) is 21.4 Å². The van der Waals surface area contributed by atoms with Gasteiger partial charge in [0.2, 0.25) is 0 Å². The van der Waals surface area contributed by atoms with Gasteiger partial charge in [-0.25, -0.2) is 9.29 Å². The lowest BCUT2D eigenvalue weighted by molar-refractivity contribution is -0.120. The monoisotopic (exact) mass is 392 g/mol. The molecule has 2 aromatic carbocycles. The Labute approximate surface area is 160 Å². The van der Waals surface area contributed by atoms with Crippen LogP contribution in [0.5, 0.6) is 0 Å². The van der Waals surface area contributed by atoms with Crippen LogP contribution in [0, 0.1) is 12.7 Å². The van der Waals surface area contributed by atoms with E-state index < -0.39 is 17.6 Å². The van der Waals surface area contributed by atoms with Crippen LogP contribution in [0.3, 0.4) is 0 Å². The number of likely N-dealkylation sites (N-methyl/N-ethyl adjacent to an activating group) is 1. The lowest BCUT2D eigenvalue weighted by Crippen LogP contribution is -2.35. The van der Waals surface area contributed by atoms with Crippen LogP contribution >= 0.6 is 23.2 Å². The molecule has 0 aliphatic carbocycles. The SMILES string of the molecule is CCN(C1=C(Cl)C(=O)N(c2ccc(F)c(Cl)c2)C1=O)c1cccc(C)c1. The van der Waals surface area contributed by atoms with Gasteiger partial charge in [0.25, 0.3) is 11.8 Å². The second kappa shape index (κ2) is 7.09. The molecule has 4 nitrogen and oxygen atoms in total. The molecule has 7 heteroatoms. The summed E-state index contributed by atoms with van der Waals surface area (Å²) in [7, 11) is 0. The van der Waals surface area contributed by atoms with Crippen molar-refractivity contribution >= 4 is 46.4 Å². The minimum Gasteiger partial charge on any atom is -0.336 e. The van der Waals surface area contributed by atoms with E-state index in [9.17, 15) is 14.0 Å². The molecule has 26 heavy (non-hydrogen) atoms. The Morgan fingerprint density at radius 3 is 2.42 bits per heavy atom. The lowest BCUT2D eigenvalue weighted by atomic mass is 10.2. The highest BCUT2D eigenvalue weighted by Crippen LogP contribution is 2.34. The largest absolute Gasteiger partial charge is 0.336 e. The van der Waals surface area contributed by atoms with Crippen molar-refractivity contribution in [3.8, 4) is 0 Å². The molecule has 0 fully saturated rings. The highest BCUT2D eigenvalue weighted by molar-refractivity contribution is 6.53. The third-order valence-corrected chi connectivity index (χ3v) is 4.70. The number of nitrogens with zero attached hydrogens (tertiary/aromatic N) is 2. The van der Waals surface area contributed by atoms with Crippen molar-refractivity contribution in [1.29, 1.82) is 0 Å². The maximum absolute atomic E-state index is 13.4. The molecule has 0 aromatic heterocycles. The summed E-state index contributed by atoms with van der Waals surface area (Å²) in [5.74, 6) is -1.88. The van der Waals surface area contributed by atoms with Crippen molar-refractivity contribution in [2.24, 2.45) is 0 Å². The van der Waals surface area contributed by atoms with Crippen molar-refractivity contribution in [3.63, 3.8) is 0 Å². The highest BCUT2D eigenvalue weighted by Gasteiger charge is 2.41. The zero-order valence-electron chi connectivity index (χ0n) is 14.1. The molecule has 134 valence electrons. The number of halogens is 3. The Bertz CT molecular complexity index is 943. The van der Waals surface area contributed by atoms with Crippen molar-refractivity contribution in [1.82, 2.24) is 0 Å². The molecule has 0 radical (unpaired) electrons. The molecule has 0 N–H and O–H groups in total. The summed E-state index contributed by atoms with van der Waals surface area (Å²) in [5, 5.41) is -0.363. The van der Waals surface area contributed by atoms with E-state index in [0.29, 0.717) is 6.54 Å².